The summed E-state index contributed by atoms with van der Waals surface area (Å²) < 4.78 is 85.4. The second kappa shape index (κ2) is 27.1. The lowest BCUT2D eigenvalue weighted by Crippen LogP contribution is -2.38. The van der Waals surface area contributed by atoms with Crippen molar-refractivity contribution in [3.63, 3.8) is 0 Å². The lowest BCUT2D eigenvalue weighted by molar-refractivity contribution is -0.129. The third kappa shape index (κ3) is 20.5. The number of fused-ring (bicyclic) bond motifs is 1. The maximum atomic E-state index is 12.5. The summed E-state index contributed by atoms with van der Waals surface area (Å²) in [5, 5.41) is 1.92. The van der Waals surface area contributed by atoms with E-state index in [0.717, 1.165) is 46.4 Å². The van der Waals surface area contributed by atoms with Crippen LogP contribution >= 0.6 is 0 Å². The summed E-state index contributed by atoms with van der Waals surface area (Å²) in [6, 6.07) is 24.9. The number of hydrogen-bond donors (Lipinski definition) is 0. The molecule has 0 spiro atoms. The SMILES string of the molecule is Cc1ccc(S(=O)(=O)OCCOC(C)(C)COC(C)(C)CCOCCOc2cccc3c(OCCOC(C)(C)CCOC(C)(C)CCOCCOc4c(C(C)C)cccc4C(C)C)cccc23)cc1. The van der Waals surface area contributed by atoms with E-state index in [1.807, 2.05) is 71.0 Å². The van der Waals surface area contributed by atoms with E-state index in [9.17, 15) is 8.42 Å². The molecule has 0 amide bonds. The molecule has 12 nitrogen and oxygen atoms in total. The molecule has 0 atom stereocenters. The van der Waals surface area contributed by atoms with Crippen LogP contribution in [0.4, 0.5) is 0 Å². The molecular weight excluding hydrogens is 897 g/mol. The van der Waals surface area contributed by atoms with Crippen LogP contribution in [0.15, 0.2) is 83.8 Å². The molecule has 0 N–H and O–H groups in total. The molecule has 0 aromatic heterocycles. The Morgan fingerprint density at radius 1 is 0.449 bits per heavy atom. The van der Waals surface area contributed by atoms with Crippen LogP contribution in [-0.4, -0.2) is 110 Å². The highest BCUT2D eigenvalue weighted by atomic mass is 32.2. The summed E-state index contributed by atoms with van der Waals surface area (Å²) in [5.41, 5.74) is 1.60. The molecule has 0 heterocycles. The molecular formula is C56H84O12S. The summed E-state index contributed by atoms with van der Waals surface area (Å²) in [7, 11) is -3.85. The molecule has 0 saturated heterocycles. The predicted octanol–water partition coefficient (Wildman–Crippen LogP) is 12.0. The third-order valence-corrected chi connectivity index (χ3v) is 13.1. The van der Waals surface area contributed by atoms with Crippen molar-refractivity contribution in [1.82, 2.24) is 0 Å². The monoisotopic (exact) mass is 981 g/mol. The molecule has 0 saturated carbocycles. The van der Waals surface area contributed by atoms with Gasteiger partial charge in [-0.1, -0.05) is 87.9 Å². The van der Waals surface area contributed by atoms with Crippen molar-refractivity contribution in [3.8, 4) is 17.2 Å². The van der Waals surface area contributed by atoms with Crippen molar-refractivity contribution in [2.75, 3.05) is 79.3 Å². The predicted molar refractivity (Wildman–Crippen MR) is 275 cm³/mol. The Balaban J connectivity index is 1.08. The van der Waals surface area contributed by atoms with Gasteiger partial charge in [0.05, 0.1) is 73.5 Å². The lowest BCUT2D eigenvalue weighted by atomic mass is 9.94. The fourth-order valence-electron chi connectivity index (χ4n) is 7.31. The summed E-state index contributed by atoms with van der Waals surface area (Å²) in [6.07, 6.45) is 2.17. The Labute approximate surface area is 415 Å². The van der Waals surface area contributed by atoms with Crippen LogP contribution in [0.3, 0.4) is 0 Å². The number of ether oxygens (including phenoxy) is 9. The maximum absolute atomic E-state index is 12.5. The standard InChI is InChI=1S/C56H84O12S/c1-42(2)46-17-14-18-47(43(3)4)52(46)63-36-34-60-30-27-53(6,7)64-32-29-54(8,9)65-38-37-62-51-22-16-19-48-49(51)20-15-21-50(48)61-35-33-59-31-28-55(10,11)67-41-56(12,13)66-39-40-68-69(57,58)45-25-23-44(5)24-26-45/h14-26,42-43H,27-41H2,1-13H3. The molecule has 0 unspecified atom stereocenters. The molecule has 13 heteroatoms. The van der Waals surface area contributed by atoms with E-state index in [1.165, 1.54) is 23.3 Å². The average Bonchev–Trinajstić information content (AvgIpc) is 3.28. The minimum Gasteiger partial charge on any atom is -0.491 e. The molecule has 0 aliphatic carbocycles. The van der Waals surface area contributed by atoms with Gasteiger partial charge in [-0.2, -0.15) is 8.42 Å². The Hall–Kier alpha value is -3.79. The van der Waals surface area contributed by atoms with Gasteiger partial charge >= 0.3 is 0 Å². The summed E-state index contributed by atoms with van der Waals surface area (Å²) in [5.74, 6) is 3.31. The molecule has 0 bridgehead atoms. The van der Waals surface area contributed by atoms with E-state index in [4.69, 9.17) is 46.8 Å². The van der Waals surface area contributed by atoms with E-state index in [-0.39, 0.29) is 29.3 Å². The highest BCUT2D eigenvalue weighted by molar-refractivity contribution is 7.86. The quantitative estimate of drug-likeness (QED) is 0.0327. The van der Waals surface area contributed by atoms with Crippen LogP contribution in [-0.2, 0) is 42.7 Å². The van der Waals surface area contributed by atoms with E-state index in [2.05, 4.69) is 73.6 Å². The van der Waals surface area contributed by atoms with Gasteiger partial charge in [-0.25, -0.2) is 0 Å². The first-order chi connectivity index (χ1) is 32.5. The molecule has 0 fully saturated rings. The van der Waals surface area contributed by atoms with Crippen LogP contribution in [0.5, 0.6) is 17.2 Å². The molecule has 69 heavy (non-hydrogen) atoms. The van der Waals surface area contributed by atoms with E-state index in [0.29, 0.717) is 84.3 Å². The summed E-state index contributed by atoms with van der Waals surface area (Å²) in [6.45, 7) is 31.5. The van der Waals surface area contributed by atoms with Gasteiger partial charge in [0, 0.05) is 24.0 Å². The first-order valence-corrected chi connectivity index (χ1v) is 26.1. The average molecular weight is 981 g/mol. The van der Waals surface area contributed by atoms with Gasteiger partial charge in [0.25, 0.3) is 10.1 Å². The van der Waals surface area contributed by atoms with Gasteiger partial charge in [0.1, 0.15) is 37.1 Å². The number of benzene rings is 4. The van der Waals surface area contributed by atoms with Gasteiger partial charge in [-0.15, -0.1) is 0 Å². The van der Waals surface area contributed by atoms with Crippen molar-refractivity contribution in [2.45, 2.75) is 148 Å². The van der Waals surface area contributed by atoms with Gasteiger partial charge in [-0.3, -0.25) is 4.18 Å². The minimum atomic E-state index is -3.85. The first kappa shape index (κ1) is 57.8. The van der Waals surface area contributed by atoms with Crippen molar-refractivity contribution < 1.29 is 55.2 Å². The van der Waals surface area contributed by atoms with E-state index in [1.54, 1.807) is 12.1 Å². The molecule has 0 radical (unpaired) electrons. The Morgan fingerprint density at radius 2 is 0.884 bits per heavy atom. The van der Waals surface area contributed by atoms with Crippen LogP contribution in [0.2, 0.25) is 0 Å². The van der Waals surface area contributed by atoms with Gasteiger partial charge < -0.3 is 42.6 Å². The first-order valence-electron chi connectivity index (χ1n) is 24.7. The molecule has 0 aliphatic rings. The van der Waals surface area contributed by atoms with E-state index < -0.39 is 21.3 Å². The minimum absolute atomic E-state index is 0.0941. The topological polar surface area (TPSA) is 126 Å². The van der Waals surface area contributed by atoms with Crippen LogP contribution in [0.1, 0.15) is 131 Å². The summed E-state index contributed by atoms with van der Waals surface area (Å²) in [4.78, 5) is 0.122. The van der Waals surface area contributed by atoms with Crippen molar-refractivity contribution >= 4 is 20.9 Å². The van der Waals surface area contributed by atoms with Crippen molar-refractivity contribution in [3.05, 3.63) is 95.6 Å². The molecule has 4 aromatic rings. The zero-order valence-electron chi connectivity index (χ0n) is 44.1. The number of para-hydroxylation sites is 1. The van der Waals surface area contributed by atoms with Crippen LogP contribution < -0.4 is 14.2 Å². The normalized spacial score (nSPS) is 12.9. The molecule has 0 aliphatic heterocycles. The van der Waals surface area contributed by atoms with Gasteiger partial charge in [0.15, 0.2) is 0 Å². The Kier molecular flexibility index (Phi) is 22.7. The number of rotatable bonds is 34. The zero-order valence-corrected chi connectivity index (χ0v) is 44.9. The fourth-order valence-corrected chi connectivity index (χ4v) is 8.20. The zero-order chi connectivity index (χ0) is 50.7. The van der Waals surface area contributed by atoms with Gasteiger partial charge in [-0.05, 0) is 129 Å². The lowest BCUT2D eigenvalue weighted by Gasteiger charge is -2.32. The largest absolute Gasteiger partial charge is 0.491 e. The Bertz CT molecular complexity index is 2210. The maximum Gasteiger partial charge on any atom is 0.297 e. The van der Waals surface area contributed by atoms with Crippen molar-refractivity contribution in [2.24, 2.45) is 0 Å². The van der Waals surface area contributed by atoms with E-state index >= 15 is 0 Å². The molecule has 386 valence electrons. The number of aryl methyl sites for hydroxylation is 1. The van der Waals surface area contributed by atoms with Crippen molar-refractivity contribution in [1.29, 1.82) is 0 Å². The highest BCUT2D eigenvalue weighted by Gasteiger charge is 2.27. The smallest absolute Gasteiger partial charge is 0.297 e. The third-order valence-electron chi connectivity index (χ3n) is 11.8. The van der Waals surface area contributed by atoms with Gasteiger partial charge in [0.2, 0.25) is 0 Å². The molecule has 4 aromatic carbocycles. The molecule has 4 rings (SSSR count). The summed E-state index contributed by atoms with van der Waals surface area (Å²) >= 11 is 0. The fraction of sp³-hybridized carbons (Fsp3) is 0.607. The van der Waals surface area contributed by atoms with Crippen LogP contribution in [0, 0.1) is 6.92 Å². The highest BCUT2D eigenvalue weighted by Crippen LogP contribution is 2.35. The second-order valence-corrected chi connectivity index (χ2v) is 22.3. The Morgan fingerprint density at radius 3 is 1.42 bits per heavy atom. The van der Waals surface area contributed by atoms with Crippen LogP contribution in [0.25, 0.3) is 10.8 Å². The number of hydrogen-bond acceptors (Lipinski definition) is 12. The second-order valence-electron chi connectivity index (χ2n) is 20.7.